The molecule has 1 N–H and O–H groups in total. The van der Waals surface area contributed by atoms with Crippen LogP contribution in [0, 0.1) is 13.8 Å². The Morgan fingerprint density at radius 2 is 2.12 bits per heavy atom. The number of aliphatic hydroxyl groups excluding tert-OH is 1. The first-order valence-corrected chi connectivity index (χ1v) is 6.02. The first kappa shape index (κ1) is 12.0. The Balaban J connectivity index is 2.38. The summed E-state index contributed by atoms with van der Waals surface area (Å²) >= 11 is 1.23. The Morgan fingerprint density at radius 3 is 2.65 bits per heavy atom. The largest absolute Gasteiger partial charge is 0.497 e. The van der Waals surface area contributed by atoms with E-state index in [1.165, 1.54) is 11.5 Å². The number of aliphatic hydroxyl groups is 1. The van der Waals surface area contributed by atoms with Crippen molar-refractivity contribution in [3.63, 3.8) is 0 Å². The molecule has 1 heterocycles. The number of methoxy groups -OCH3 is 1. The molecule has 0 aliphatic heterocycles. The number of nitrogens with zero attached hydrogens (tertiary/aromatic N) is 2. The van der Waals surface area contributed by atoms with Gasteiger partial charge in [0.25, 0.3) is 0 Å². The molecule has 0 aliphatic rings. The van der Waals surface area contributed by atoms with Crippen molar-refractivity contribution in [3.8, 4) is 5.75 Å². The SMILES string of the molecule is COc1ccc(C(O)c2snnc2C)c(C)c1. The van der Waals surface area contributed by atoms with Crippen molar-refractivity contribution in [1.29, 1.82) is 0 Å². The van der Waals surface area contributed by atoms with Gasteiger partial charge in [-0.3, -0.25) is 0 Å². The average molecular weight is 250 g/mol. The lowest BCUT2D eigenvalue weighted by molar-refractivity contribution is 0.222. The molecular weight excluding hydrogens is 236 g/mol. The molecule has 0 aliphatic carbocycles. The van der Waals surface area contributed by atoms with Crippen LogP contribution in [0.25, 0.3) is 0 Å². The van der Waals surface area contributed by atoms with Crippen molar-refractivity contribution >= 4 is 11.5 Å². The number of hydrogen-bond acceptors (Lipinski definition) is 5. The minimum atomic E-state index is -0.666. The monoisotopic (exact) mass is 250 g/mol. The Kier molecular flexibility index (Phi) is 3.40. The van der Waals surface area contributed by atoms with Gasteiger partial charge in [0, 0.05) is 0 Å². The van der Waals surface area contributed by atoms with Gasteiger partial charge in [-0.15, -0.1) is 5.10 Å². The van der Waals surface area contributed by atoms with Gasteiger partial charge in [0.1, 0.15) is 11.9 Å². The Hall–Kier alpha value is -1.46. The fourth-order valence-electron chi connectivity index (χ4n) is 1.71. The van der Waals surface area contributed by atoms with Crippen LogP contribution in [0.5, 0.6) is 5.75 Å². The number of aryl methyl sites for hydroxylation is 2. The Bertz CT molecular complexity index is 525. The summed E-state index contributed by atoms with van der Waals surface area (Å²) in [6.07, 6.45) is -0.666. The van der Waals surface area contributed by atoms with Crippen LogP contribution in [0.2, 0.25) is 0 Å². The Labute approximate surface area is 104 Å². The maximum atomic E-state index is 10.3. The third kappa shape index (κ3) is 2.30. The summed E-state index contributed by atoms with van der Waals surface area (Å²) in [5.74, 6) is 0.789. The molecule has 0 amide bonds. The van der Waals surface area contributed by atoms with E-state index in [0.717, 1.165) is 27.4 Å². The average Bonchev–Trinajstić information content (AvgIpc) is 2.74. The predicted molar refractivity (Wildman–Crippen MR) is 66.4 cm³/mol. The van der Waals surface area contributed by atoms with Crippen LogP contribution in [0.3, 0.4) is 0 Å². The van der Waals surface area contributed by atoms with Crippen molar-refractivity contribution in [2.75, 3.05) is 7.11 Å². The summed E-state index contributed by atoms with van der Waals surface area (Å²) in [6.45, 7) is 3.80. The third-order valence-corrected chi connectivity index (χ3v) is 3.59. The second-order valence-electron chi connectivity index (χ2n) is 3.85. The highest BCUT2D eigenvalue weighted by molar-refractivity contribution is 7.05. The number of hydrogen-bond donors (Lipinski definition) is 1. The normalized spacial score (nSPS) is 12.5. The van der Waals surface area contributed by atoms with E-state index in [4.69, 9.17) is 4.74 Å². The van der Waals surface area contributed by atoms with E-state index in [2.05, 4.69) is 9.59 Å². The summed E-state index contributed by atoms with van der Waals surface area (Å²) in [6, 6.07) is 5.62. The molecule has 0 bridgehead atoms. The lowest BCUT2D eigenvalue weighted by Gasteiger charge is -2.13. The number of rotatable bonds is 3. The lowest BCUT2D eigenvalue weighted by Crippen LogP contribution is -2.02. The van der Waals surface area contributed by atoms with Crippen molar-refractivity contribution in [1.82, 2.24) is 9.59 Å². The van der Waals surface area contributed by atoms with Crippen LogP contribution < -0.4 is 4.74 Å². The van der Waals surface area contributed by atoms with E-state index in [1.54, 1.807) is 7.11 Å². The third-order valence-electron chi connectivity index (χ3n) is 2.71. The molecule has 2 aromatic rings. The van der Waals surface area contributed by atoms with Gasteiger partial charge in [0.2, 0.25) is 0 Å². The van der Waals surface area contributed by atoms with Crippen molar-refractivity contribution in [3.05, 3.63) is 39.9 Å². The van der Waals surface area contributed by atoms with Gasteiger partial charge in [-0.05, 0) is 48.6 Å². The molecule has 1 aromatic heterocycles. The van der Waals surface area contributed by atoms with Crippen LogP contribution >= 0.6 is 11.5 Å². The molecule has 0 saturated carbocycles. The van der Waals surface area contributed by atoms with E-state index in [1.807, 2.05) is 32.0 Å². The molecular formula is C12H14N2O2S. The quantitative estimate of drug-likeness (QED) is 0.907. The molecule has 1 unspecified atom stereocenters. The zero-order chi connectivity index (χ0) is 12.4. The fourth-order valence-corrected chi connectivity index (χ4v) is 2.36. The van der Waals surface area contributed by atoms with E-state index in [-0.39, 0.29) is 0 Å². The van der Waals surface area contributed by atoms with E-state index >= 15 is 0 Å². The number of aromatic nitrogens is 2. The van der Waals surface area contributed by atoms with Crippen LogP contribution in [0.1, 0.15) is 27.8 Å². The van der Waals surface area contributed by atoms with Gasteiger partial charge in [0.15, 0.2) is 0 Å². The maximum absolute atomic E-state index is 10.3. The van der Waals surface area contributed by atoms with E-state index in [9.17, 15) is 5.11 Å². The molecule has 0 radical (unpaired) electrons. The van der Waals surface area contributed by atoms with Gasteiger partial charge < -0.3 is 9.84 Å². The van der Waals surface area contributed by atoms with Gasteiger partial charge in [0.05, 0.1) is 17.7 Å². The van der Waals surface area contributed by atoms with E-state index in [0.29, 0.717) is 0 Å². The highest BCUT2D eigenvalue weighted by Crippen LogP contribution is 2.30. The standard InChI is InChI=1S/C12H14N2O2S/c1-7-6-9(16-3)4-5-10(7)11(15)12-8(2)13-14-17-12/h4-6,11,15H,1-3H3. The van der Waals surface area contributed by atoms with Crippen LogP contribution in [0.15, 0.2) is 18.2 Å². The second kappa shape index (κ2) is 4.81. The topological polar surface area (TPSA) is 55.2 Å². The zero-order valence-electron chi connectivity index (χ0n) is 9.97. The van der Waals surface area contributed by atoms with Crippen molar-refractivity contribution in [2.24, 2.45) is 0 Å². The smallest absolute Gasteiger partial charge is 0.119 e. The molecule has 1 atom stereocenters. The summed E-state index contributed by atoms with van der Waals surface area (Å²) in [7, 11) is 1.63. The molecule has 2 rings (SSSR count). The summed E-state index contributed by atoms with van der Waals surface area (Å²) < 4.78 is 8.98. The van der Waals surface area contributed by atoms with Gasteiger partial charge in [-0.25, -0.2) is 0 Å². The first-order chi connectivity index (χ1) is 8.13. The van der Waals surface area contributed by atoms with Crippen molar-refractivity contribution in [2.45, 2.75) is 20.0 Å². The van der Waals surface area contributed by atoms with Crippen LogP contribution in [-0.4, -0.2) is 21.8 Å². The van der Waals surface area contributed by atoms with Crippen LogP contribution in [-0.2, 0) is 0 Å². The summed E-state index contributed by atoms with van der Waals surface area (Å²) in [4.78, 5) is 0.790. The van der Waals surface area contributed by atoms with Gasteiger partial charge >= 0.3 is 0 Å². The highest BCUT2D eigenvalue weighted by Gasteiger charge is 2.18. The molecule has 0 fully saturated rings. The molecule has 0 spiro atoms. The minimum absolute atomic E-state index is 0.666. The molecule has 1 aromatic carbocycles. The molecule has 5 heteroatoms. The minimum Gasteiger partial charge on any atom is -0.497 e. The van der Waals surface area contributed by atoms with Crippen molar-refractivity contribution < 1.29 is 9.84 Å². The second-order valence-corrected chi connectivity index (χ2v) is 4.63. The van der Waals surface area contributed by atoms with Gasteiger partial charge in [-0.1, -0.05) is 10.6 Å². The van der Waals surface area contributed by atoms with Crippen LogP contribution in [0.4, 0.5) is 0 Å². The zero-order valence-corrected chi connectivity index (χ0v) is 10.8. The highest BCUT2D eigenvalue weighted by atomic mass is 32.1. The summed E-state index contributed by atoms with van der Waals surface area (Å²) in [5, 5.41) is 14.2. The van der Waals surface area contributed by atoms with E-state index < -0.39 is 6.10 Å². The fraction of sp³-hybridized carbons (Fsp3) is 0.333. The summed E-state index contributed by atoms with van der Waals surface area (Å²) in [5.41, 5.74) is 2.63. The maximum Gasteiger partial charge on any atom is 0.119 e. The predicted octanol–water partition coefficient (Wildman–Crippen LogP) is 2.25. The number of ether oxygens (including phenoxy) is 1. The molecule has 90 valence electrons. The molecule has 4 nitrogen and oxygen atoms in total. The Morgan fingerprint density at radius 1 is 1.35 bits per heavy atom. The lowest BCUT2D eigenvalue weighted by atomic mass is 10.0. The number of benzene rings is 1. The first-order valence-electron chi connectivity index (χ1n) is 5.25. The molecule has 0 saturated heterocycles. The molecule has 17 heavy (non-hydrogen) atoms. The van der Waals surface area contributed by atoms with Gasteiger partial charge in [-0.2, -0.15) is 0 Å².